The summed E-state index contributed by atoms with van der Waals surface area (Å²) in [5, 5.41) is 14.9. The van der Waals surface area contributed by atoms with Gasteiger partial charge in [-0.15, -0.1) is 17.5 Å². The number of amides is 1. The van der Waals surface area contributed by atoms with Gasteiger partial charge >= 0.3 is 0 Å². The third-order valence-corrected chi connectivity index (χ3v) is 4.45. The zero-order valence-corrected chi connectivity index (χ0v) is 16.3. The van der Waals surface area contributed by atoms with Gasteiger partial charge in [-0.2, -0.15) is 9.90 Å². The lowest BCUT2D eigenvalue weighted by molar-refractivity contribution is 0.0277. The molecule has 7 nitrogen and oxygen atoms in total. The number of hydrogen-bond acceptors (Lipinski definition) is 5. The molecule has 0 spiro atoms. The van der Waals surface area contributed by atoms with Crippen molar-refractivity contribution in [1.29, 1.82) is 0 Å². The van der Waals surface area contributed by atoms with Gasteiger partial charge in [-0.3, -0.25) is 4.79 Å². The number of ether oxygens (including phenoxy) is 1. The molecule has 1 unspecified atom stereocenters. The average Bonchev–Trinajstić information content (AvgIpc) is 3.12. The number of benzene rings is 2. The van der Waals surface area contributed by atoms with Crippen LogP contribution in [-0.4, -0.2) is 40.6 Å². The zero-order valence-electron chi connectivity index (χ0n) is 15.5. The van der Waals surface area contributed by atoms with Crippen LogP contribution in [0.4, 0.5) is 5.69 Å². The van der Waals surface area contributed by atoms with Crippen molar-refractivity contribution in [2.24, 2.45) is 0 Å². The Morgan fingerprint density at radius 1 is 1.14 bits per heavy atom. The summed E-state index contributed by atoms with van der Waals surface area (Å²) in [6.45, 7) is 4.17. The molecule has 1 atom stereocenters. The first-order valence-corrected chi connectivity index (χ1v) is 8.94. The van der Waals surface area contributed by atoms with Crippen molar-refractivity contribution in [2.75, 3.05) is 25.0 Å². The number of aryl methyl sites for hydroxylation is 1. The van der Waals surface area contributed by atoms with Crippen LogP contribution in [0, 0.1) is 6.92 Å². The van der Waals surface area contributed by atoms with Crippen LogP contribution in [0.15, 0.2) is 54.6 Å². The van der Waals surface area contributed by atoms with Gasteiger partial charge in [0.05, 0.1) is 24.1 Å². The number of hydrogen-bond donors (Lipinski definition) is 2. The van der Waals surface area contributed by atoms with E-state index in [0.29, 0.717) is 23.7 Å². The van der Waals surface area contributed by atoms with Crippen LogP contribution in [0.3, 0.4) is 0 Å². The smallest absolute Gasteiger partial charge is 0.278 e. The fourth-order valence-electron chi connectivity index (χ4n) is 3.02. The summed E-state index contributed by atoms with van der Waals surface area (Å²) in [4.78, 5) is 14.1. The first-order chi connectivity index (χ1) is 13.2. The summed E-state index contributed by atoms with van der Waals surface area (Å²) in [6.07, 6.45) is 0.0523. The van der Waals surface area contributed by atoms with E-state index in [1.807, 2.05) is 54.6 Å². The molecule has 2 N–H and O–H groups in total. The third-order valence-electron chi connectivity index (χ3n) is 4.45. The van der Waals surface area contributed by atoms with E-state index in [4.69, 9.17) is 4.74 Å². The highest BCUT2D eigenvalue weighted by atomic mass is 35.5. The Kier molecular flexibility index (Phi) is 6.41. The second kappa shape index (κ2) is 8.97. The SMILES string of the molecule is Cc1nn(-c2ccccc2)nc1C(=O)Nc1ccc(C2CNCCO2)cc1.Cl. The highest BCUT2D eigenvalue weighted by Gasteiger charge is 2.18. The van der Waals surface area contributed by atoms with E-state index in [1.165, 1.54) is 4.80 Å². The maximum absolute atomic E-state index is 12.6. The molecule has 1 aromatic heterocycles. The van der Waals surface area contributed by atoms with Gasteiger partial charge in [0.1, 0.15) is 0 Å². The first kappa shape index (κ1) is 20.0. The molecule has 2 heterocycles. The Hall–Kier alpha value is -2.74. The molecule has 0 aliphatic carbocycles. The predicted octanol–water partition coefficient (Wildman–Crippen LogP) is 2.91. The van der Waals surface area contributed by atoms with Crippen LogP contribution in [-0.2, 0) is 4.74 Å². The van der Waals surface area contributed by atoms with Crippen molar-refractivity contribution in [3.8, 4) is 5.69 Å². The molecular weight excluding hydrogens is 378 g/mol. The molecule has 146 valence electrons. The highest BCUT2D eigenvalue weighted by molar-refractivity contribution is 6.03. The number of aromatic nitrogens is 3. The molecule has 3 aromatic rings. The van der Waals surface area contributed by atoms with Crippen molar-refractivity contribution in [3.05, 3.63) is 71.5 Å². The van der Waals surface area contributed by atoms with Crippen LogP contribution in [0.5, 0.6) is 0 Å². The molecule has 0 bridgehead atoms. The zero-order chi connectivity index (χ0) is 18.6. The Morgan fingerprint density at radius 3 is 2.57 bits per heavy atom. The quantitative estimate of drug-likeness (QED) is 0.705. The van der Waals surface area contributed by atoms with Crippen LogP contribution < -0.4 is 10.6 Å². The Bertz CT molecular complexity index is 922. The molecule has 0 saturated carbocycles. The van der Waals surface area contributed by atoms with Crippen LogP contribution >= 0.6 is 12.4 Å². The van der Waals surface area contributed by atoms with Gasteiger partial charge in [0.25, 0.3) is 5.91 Å². The number of morpholine rings is 1. The van der Waals surface area contributed by atoms with Gasteiger partial charge in [0.15, 0.2) is 5.69 Å². The number of rotatable bonds is 4. The molecule has 0 radical (unpaired) electrons. The number of anilines is 1. The maximum atomic E-state index is 12.6. The van der Waals surface area contributed by atoms with Gasteiger partial charge < -0.3 is 15.4 Å². The summed E-state index contributed by atoms with van der Waals surface area (Å²) >= 11 is 0. The van der Waals surface area contributed by atoms with Gasteiger partial charge in [-0.05, 0) is 36.8 Å². The fourth-order valence-corrected chi connectivity index (χ4v) is 3.02. The Balaban J connectivity index is 0.00000225. The minimum atomic E-state index is -0.280. The molecule has 28 heavy (non-hydrogen) atoms. The van der Waals surface area contributed by atoms with Gasteiger partial charge in [0, 0.05) is 18.8 Å². The van der Waals surface area contributed by atoms with Crippen molar-refractivity contribution >= 4 is 24.0 Å². The largest absolute Gasteiger partial charge is 0.371 e. The summed E-state index contributed by atoms with van der Waals surface area (Å²) in [6, 6.07) is 17.2. The lowest BCUT2D eigenvalue weighted by atomic mass is 10.1. The predicted molar refractivity (Wildman–Crippen MR) is 109 cm³/mol. The summed E-state index contributed by atoms with van der Waals surface area (Å²) < 4.78 is 5.74. The maximum Gasteiger partial charge on any atom is 0.278 e. The number of para-hydroxylation sites is 1. The van der Waals surface area contributed by atoms with Gasteiger partial charge in [0.2, 0.25) is 0 Å². The molecule has 1 fully saturated rings. The first-order valence-electron chi connectivity index (χ1n) is 8.94. The van der Waals surface area contributed by atoms with Crippen molar-refractivity contribution in [2.45, 2.75) is 13.0 Å². The van der Waals surface area contributed by atoms with E-state index in [-0.39, 0.29) is 24.4 Å². The highest BCUT2D eigenvalue weighted by Crippen LogP contribution is 2.21. The monoisotopic (exact) mass is 399 g/mol. The van der Waals surface area contributed by atoms with Crippen LogP contribution in [0.25, 0.3) is 5.69 Å². The normalized spacial score (nSPS) is 16.2. The third kappa shape index (κ3) is 4.39. The van der Waals surface area contributed by atoms with E-state index in [0.717, 1.165) is 24.3 Å². The van der Waals surface area contributed by atoms with E-state index in [2.05, 4.69) is 20.8 Å². The molecular formula is C20H22ClN5O2. The summed E-state index contributed by atoms with van der Waals surface area (Å²) in [5.41, 5.74) is 3.50. The van der Waals surface area contributed by atoms with Crippen molar-refractivity contribution in [3.63, 3.8) is 0 Å². The molecule has 1 aliphatic rings. The lowest BCUT2D eigenvalue weighted by Gasteiger charge is -2.24. The second-order valence-corrected chi connectivity index (χ2v) is 6.40. The number of nitrogens with one attached hydrogen (secondary N) is 2. The number of carbonyl (C=O) groups is 1. The summed E-state index contributed by atoms with van der Waals surface area (Å²) in [5.74, 6) is -0.280. The molecule has 8 heteroatoms. The minimum absolute atomic E-state index is 0. The molecule has 2 aromatic carbocycles. The van der Waals surface area contributed by atoms with Crippen molar-refractivity contribution in [1.82, 2.24) is 20.3 Å². The Labute approximate surface area is 169 Å². The van der Waals surface area contributed by atoms with Crippen molar-refractivity contribution < 1.29 is 9.53 Å². The topological polar surface area (TPSA) is 81.1 Å². The molecule has 4 rings (SSSR count). The van der Waals surface area contributed by atoms with Crippen LogP contribution in [0.2, 0.25) is 0 Å². The molecule has 1 amide bonds. The summed E-state index contributed by atoms with van der Waals surface area (Å²) in [7, 11) is 0. The van der Waals surface area contributed by atoms with E-state index >= 15 is 0 Å². The van der Waals surface area contributed by atoms with Crippen LogP contribution in [0.1, 0.15) is 27.8 Å². The average molecular weight is 400 g/mol. The standard InChI is InChI=1S/C20H21N5O2.ClH/c1-14-19(24-25(23-14)17-5-3-2-4-6-17)20(26)22-16-9-7-15(8-10-16)18-13-21-11-12-27-18;/h2-10,18,21H,11-13H2,1H3,(H,22,26);1H. The number of carbonyl (C=O) groups excluding carboxylic acids is 1. The van der Waals surface area contributed by atoms with E-state index in [9.17, 15) is 4.79 Å². The van der Waals surface area contributed by atoms with E-state index < -0.39 is 0 Å². The van der Waals surface area contributed by atoms with Gasteiger partial charge in [-0.25, -0.2) is 0 Å². The molecule has 1 saturated heterocycles. The Morgan fingerprint density at radius 2 is 1.89 bits per heavy atom. The lowest BCUT2D eigenvalue weighted by Crippen LogP contribution is -2.33. The number of nitrogens with zero attached hydrogens (tertiary/aromatic N) is 3. The molecule has 1 aliphatic heterocycles. The minimum Gasteiger partial charge on any atom is -0.371 e. The second-order valence-electron chi connectivity index (χ2n) is 6.40. The number of halogens is 1. The van der Waals surface area contributed by atoms with Gasteiger partial charge in [-0.1, -0.05) is 30.3 Å². The van der Waals surface area contributed by atoms with E-state index in [1.54, 1.807) is 6.92 Å². The fraction of sp³-hybridized carbons (Fsp3) is 0.250.